The van der Waals surface area contributed by atoms with Crippen LogP contribution >= 0.6 is 0 Å². The van der Waals surface area contributed by atoms with Crippen LogP contribution in [0.15, 0.2) is 29.8 Å². The predicted molar refractivity (Wildman–Crippen MR) is 47.5 cm³/mol. The summed E-state index contributed by atoms with van der Waals surface area (Å²) >= 11 is 0. The number of allylic oxidation sites excluding steroid dienone is 1. The highest BCUT2D eigenvalue weighted by atomic mass is 16.3. The lowest BCUT2D eigenvalue weighted by Crippen LogP contribution is -1.76. The molecule has 0 aromatic heterocycles. The van der Waals surface area contributed by atoms with E-state index in [1.807, 2.05) is 0 Å². The maximum Gasteiger partial charge on any atom is 0.228 e. The molecule has 61 valence electrons. The van der Waals surface area contributed by atoms with Gasteiger partial charge in [-0.25, -0.2) is 0 Å². The number of benzene rings is 1. The van der Waals surface area contributed by atoms with Crippen molar-refractivity contribution in [2.24, 2.45) is 0 Å². The number of hydrogen-bond acceptors (Lipinski definition) is 2. The van der Waals surface area contributed by atoms with E-state index in [4.69, 9.17) is 5.11 Å². The Bertz CT molecular complexity index is 296. The molecule has 0 aliphatic rings. The third kappa shape index (κ3) is 2.23. The average Bonchev–Trinajstić information content (AvgIpc) is 2.09. The van der Waals surface area contributed by atoms with Crippen LogP contribution in [0.2, 0.25) is 0 Å². The van der Waals surface area contributed by atoms with Gasteiger partial charge in [0.1, 0.15) is 5.75 Å². The molecule has 0 saturated heterocycles. The quantitative estimate of drug-likeness (QED) is 0.672. The number of phenols is 1. The van der Waals surface area contributed by atoms with Crippen LogP contribution in [0.4, 0.5) is 0 Å². The molecule has 2 nitrogen and oxygen atoms in total. The highest BCUT2D eigenvalue weighted by molar-refractivity contribution is 5.81. The van der Waals surface area contributed by atoms with Crippen molar-refractivity contribution in [3.63, 3.8) is 0 Å². The minimum absolute atomic E-state index is 0.222. The molecule has 0 heterocycles. The molecular formula is C10H9O2. The van der Waals surface area contributed by atoms with Crippen LogP contribution in [0.3, 0.4) is 0 Å². The summed E-state index contributed by atoms with van der Waals surface area (Å²) in [7, 11) is 0. The second kappa shape index (κ2) is 3.72. The lowest BCUT2D eigenvalue weighted by Gasteiger charge is -1.93. The molecule has 0 atom stereocenters. The van der Waals surface area contributed by atoms with Gasteiger partial charge in [0.25, 0.3) is 0 Å². The summed E-state index contributed by atoms with van der Waals surface area (Å²) in [6.45, 7) is 1.68. The van der Waals surface area contributed by atoms with Gasteiger partial charge < -0.3 is 5.11 Å². The summed E-state index contributed by atoms with van der Waals surface area (Å²) in [5.41, 5.74) is 1.43. The zero-order valence-corrected chi connectivity index (χ0v) is 6.74. The molecule has 0 fully saturated rings. The predicted octanol–water partition coefficient (Wildman–Crippen LogP) is 1.91. The molecule has 1 rings (SSSR count). The maximum atomic E-state index is 10.1. The van der Waals surface area contributed by atoms with Crippen molar-refractivity contribution in [1.29, 1.82) is 0 Å². The molecule has 0 amide bonds. The molecule has 0 saturated carbocycles. The molecule has 12 heavy (non-hydrogen) atoms. The largest absolute Gasteiger partial charge is 0.508 e. The molecule has 1 aromatic rings. The van der Waals surface area contributed by atoms with Gasteiger partial charge in [-0.3, -0.25) is 4.79 Å². The molecule has 2 heteroatoms. The van der Waals surface area contributed by atoms with E-state index in [1.54, 1.807) is 43.6 Å². The second-order valence-corrected chi connectivity index (χ2v) is 2.52. The van der Waals surface area contributed by atoms with E-state index in [2.05, 4.69) is 0 Å². The fourth-order valence-electron chi connectivity index (χ4n) is 0.850. The maximum absolute atomic E-state index is 10.1. The first kappa shape index (κ1) is 8.53. The Kier molecular flexibility index (Phi) is 2.64. The monoisotopic (exact) mass is 161 g/mol. The number of aromatic hydroxyl groups is 1. The molecule has 1 aromatic carbocycles. The first-order valence-corrected chi connectivity index (χ1v) is 3.58. The van der Waals surface area contributed by atoms with E-state index >= 15 is 0 Å². The van der Waals surface area contributed by atoms with Gasteiger partial charge in [-0.2, -0.15) is 0 Å². The van der Waals surface area contributed by atoms with Crippen molar-refractivity contribution >= 4 is 12.4 Å². The van der Waals surface area contributed by atoms with Gasteiger partial charge in [-0.15, -0.1) is 0 Å². The van der Waals surface area contributed by atoms with Crippen LogP contribution < -0.4 is 0 Å². The SMILES string of the molecule is C/C([C]=O)=C\c1ccc(O)cc1. The summed E-state index contributed by atoms with van der Waals surface area (Å²) < 4.78 is 0. The standard InChI is InChI=1S/C10H9O2/c1-8(7-11)6-9-2-4-10(12)5-3-9/h2-6,12H,1H3/b8-6+. The van der Waals surface area contributed by atoms with Crippen molar-refractivity contribution in [3.05, 3.63) is 35.4 Å². The lowest BCUT2D eigenvalue weighted by molar-refractivity contribution is 0.475. The topological polar surface area (TPSA) is 37.3 Å². The summed E-state index contributed by atoms with van der Waals surface area (Å²) in [5, 5.41) is 8.95. The molecule has 0 unspecified atom stereocenters. The Morgan fingerprint density at radius 1 is 1.42 bits per heavy atom. The van der Waals surface area contributed by atoms with E-state index in [9.17, 15) is 4.79 Å². The van der Waals surface area contributed by atoms with Gasteiger partial charge in [0.05, 0.1) is 0 Å². The smallest absolute Gasteiger partial charge is 0.228 e. The number of hydrogen-bond donors (Lipinski definition) is 1. The number of rotatable bonds is 2. The molecule has 0 spiro atoms. The fraction of sp³-hybridized carbons (Fsp3) is 0.100. The molecule has 0 aliphatic heterocycles. The third-order valence-electron chi connectivity index (χ3n) is 1.44. The Morgan fingerprint density at radius 3 is 2.50 bits per heavy atom. The molecule has 1 N–H and O–H groups in total. The fourth-order valence-corrected chi connectivity index (χ4v) is 0.850. The number of phenolic OH excluding ortho intramolecular Hbond substituents is 1. The van der Waals surface area contributed by atoms with Crippen LogP contribution in [-0.4, -0.2) is 11.4 Å². The van der Waals surface area contributed by atoms with Crippen LogP contribution in [0.1, 0.15) is 12.5 Å². The van der Waals surface area contributed by atoms with Crippen molar-refractivity contribution in [3.8, 4) is 5.75 Å². The van der Waals surface area contributed by atoms with E-state index in [-0.39, 0.29) is 5.75 Å². The van der Waals surface area contributed by atoms with Crippen LogP contribution in [0.25, 0.3) is 6.08 Å². The zero-order chi connectivity index (χ0) is 8.97. The van der Waals surface area contributed by atoms with Gasteiger partial charge in [0.15, 0.2) is 0 Å². The molecule has 1 radical (unpaired) electrons. The Labute approximate surface area is 71.2 Å². The first-order valence-electron chi connectivity index (χ1n) is 3.58. The highest BCUT2D eigenvalue weighted by Crippen LogP contribution is 2.11. The van der Waals surface area contributed by atoms with Crippen LogP contribution in [-0.2, 0) is 4.79 Å². The van der Waals surface area contributed by atoms with Gasteiger partial charge >= 0.3 is 0 Å². The van der Waals surface area contributed by atoms with Gasteiger partial charge in [-0.1, -0.05) is 12.1 Å². The summed E-state index contributed by atoms with van der Waals surface area (Å²) in [6, 6.07) is 6.61. The van der Waals surface area contributed by atoms with Gasteiger partial charge in [-0.05, 0) is 30.7 Å². The minimum atomic E-state index is 0.222. The van der Waals surface area contributed by atoms with Gasteiger partial charge in [0, 0.05) is 5.57 Å². The Hall–Kier alpha value is -1.57. The zero-order valence-electron chi connectivity index (χ0n) is 6.74. The van der Waals surface area contributed by atoms with Gasteiger partial charge in [0.2, 0.25) is 6.29 Å². The minimum Gasteiger partial charge on any atom is -0.508 e. The molecular weight excluding hydrogens is 152 g/mol. The summed E-state index contributed by atoms with van der Waals surface area (Å²) in [4.78, 5) is 10.1. The van der Waals surface area contributed by atoms with E-state index in [0.29, 0.717) is 5.57 Å². The summed E-state index contributed by atoms with van der Waals surface area (Å²) in [6.07, 6.45) is 3.48. The van der Waals surface area contributed by atoms with E-state index < -0.39 is 0 Å². The Morgan fingerprint density at radius 2 is 2.00 bits per heavy atom. The highest BCUT2D eigenvalue weighted by Gasteiger charge is 1.90. The molecule has 0 aliphatic carbocycles. The Balaban J connectivity index is 2.91. The third-order valence-corrected chi connectivity index (χ3v) is 1.44. The number of carbonyl (C=O) groups excluding carboxylic acids is 1. The van der Waals surface area contributed by atoms with Crippen molar-refractivity contribution in [2.75, 3.05) is 0 Å². The lowest BCUT2D eigenvalue weighted by atomic mass is 10.1. The average molecular weight is 161 g/mol. The van der Waals surface area contributed by atoms with Crippen LogP contribution in [0.5, 0.6) is 5.75 Å². The van der Waals surface area contributed by atoms with Crippen LogP contribution in [0, 0.1) is 0 Å². The summed E-state index contributed by atoms with van der Waals surface area (Å²) in [5.74, 6) is 0.222. The van der Waals surface area contributed by atoms with Crippen molar-refractivity contribution in [1.82, 2.24) is 0 Å². The second-order valence-electron chi connectivity index (χ2n) is 2.52. The van der Waals surface area contributed by atoms with E-state index in [1.165, 1.54) is 0 Å². The first-order chi connectivity index (χ1) is 5.72. The van der Waals surface area contributed by atoms with E-state index in [0.717, 1.165) is 5.56 Å². The normalized spacial score (nSPS) is 11.2. The van der Waals surface area contributed by atoms with Crippen molar-refractivity contribution < 1.29 is 9.90 Å². The molecule has 0 bridgehead atoms. The van der Waals surface area contributed by atoms with Crippen molar-refractivity contribution in [2.45, 2.75) is 6.92 Å².